The van der Waals surface area contributed by atoms with Crippen LogP contribution in [0.1, 0.15) is 6.42 Å². The van der Waals surface area contributed by atoms with Crippen molar-refractivity contribution in [3.63, 3.8) is 0 Å². The van der Waals surface area contributed by atoms with Crippen LogP contribution >= 0.6 is 0 Å². The van der Waals surface area contributed by atoms with Gasteiger partial charge in [-0.1, -0.05) is 0 Å². The lowest BCUT2D eigenvalue weighted by Crippen LogP contribution is -2.59. The van der Waals surface area contributed by atoms with Crippen LogP contribution in [-0.2, 0) is 19.1 Å². The van der Waals surface area contributed by atoms with Crippen molar-refractivity contribution in [2.45, 2.75) is 30.8 Å². The minimum absolute atomic E-state index is 0.0354. The van der Waals surface area contributed by atoms with Crippen molar-refractivity contribution >= 4 is 11.9 Å². The van der Waals surface area contributed by atoms with Gasteiger partial charge in [0.2, 0.25) is 0 Å². The second kappa shape index (κ2) is 4.97. The summed E-state index contributed by atoms with van der Waals surface area (Å²) in [7, 11) is 0. The Morgan fingerprint density at radius 3 is 2.58 bits per heavy atom. The predicted molar refractivity (Wildman–Crippen MR) is 53.3 cm³/mol. The third-order valence-electron chi connectivity index (χ3n) is 3.07. The molecule has 1 amide bonds. The van der Waals surface area contributed by atoms with Crippen LogP contribution in [0.2, 0.25) is 0 Å². The van der Waals surface area contributed by atoms with Crippen LogP contribution in [0.4, 0.5) is 13.2 Å². The molecule has 2 aliphatic rings. The first-order valence-electron chi connectivity index (χ1n) is 5.62. The summed E-state index contributed by atoms with van der Waals surface area (Å²) in [5.74, 6) is -3.17. The van der Waals surface area contributed by atoms with E-state index >= 15 is 0 Å². The molecule has 2 aliphatic heterocycles. The van der Waals surface area contributed by atoms with E-state index in [9.17, 15) is 22.8 Å². The summed E-state index contributed by atoms with van der Waals surface area (Å²) >= 11 is 0. The van der Waals surface area contributed by atoms with E-state index in [-0.39, 0.29) is 13.2 Å². The molecule has 2 saturated heterocycles. The first kappa shape index (κ1) is 14.1. The molecule has 6 nitrogen and oxygen atoms in total. The molecule has 19 heavy (non-hydrogen) atoms. The smallest absolute Gasteiger partial charge is 0.471 e. The minimum atomic E-state index is -4.99. The topological polar surface area (TPSA) is 76.1 Å². The molecule has 0 bridgehead atoms. The molecule has 2 fully saturated rings. The van der Waals surface area contributed by atoms with Crippen LogP contribution in [0.25, 0.3) is 0 Å². The standard InChI is InChI=1S/C10H12F3NO5/c11-10(12,13)9(17)14-2-5(1-8(15)16)19-7-4-18-3-6(7)14/h5-7H,1-4H2,(H,15,16)/t5-,6+,7+/m1/s1. The fraction of sp³-hybridized carbons (Fsp3) is 0.800. The third-order valence-corrected chi connectivity index (χ3v) is 3.07. The Kier molecular flexibility index (Phi) is 3.68. The maximum atomic E-state index is 12.5. The fourth-order valence-corrected chi connectivity index (χ4v) is 2.29. The highest BCUT2D eigenvalue weighted by Gasteiger charge is 2.51. The highest BCUT2D eigenvalue weighted by molar-refractivity contribution is 5.82. The van der Waals surface area contributed by atoms with Crippen molar-refractivity contribution in [2.24, 2.45) is 0 Å². The number of amides is 1. The second-order valence-electron chi connectivity index (χ2n) is 4.45. The van der Waals surface area contributed by atoms with Crippen LogP contribution in [0, 0.1) is 0 Å². The van der Waals surface area contributed by atoms with Gasteiger partial charge >= 0.3 is 18.1 Å². The molecule has 0 spiro atoms. The van der Waals surface area contributed by atoms with E-state index in [1.807, 2.05) is 0 Å². The largest absolute Gasteiger partial charge is 0.481 e. The Balaban J connectivity index is 2.14. The van der Waals surface area contributed by atoms with Gasteiger partial charge in [0.05, 0.1) is 31.8 Å². The molecular formula is C10H12F3NO5. The van der Waals surface area contributed by atoms with Gasteiger partial charge in [-0.2, -0.15) is 13.2 Å². The van der Waals surface area contributed by atoms with Crippen molar-refractivity contribution in [1.82, 2.24) is 4.90 Å². The van der Waals surface area contributed by atoms with E-state index in [0.717, 1.165) is 0 Å². The molecule has 108 valence electrons. The average molecular weight is 283 g/mol. The van der Waals surface area contributed by atoms with Gasteiger partial charge in [-0.15, -0.1) is 0 Å². The highest BCUT2D eigenvalue weighted by atomic mass is 19.4. The number of rotatable bonds is 2. The maximum absolute atomic E-state index is 12.5. The maximum Gasteiger partial charge on any atom is 0.471 e. The van der Waals surface area contributed by atoms with E-state index in [2.05, 4.69) is 0 Å². The molecule has 3 atom stereocenters. The van der Waals surface area contributed by atoms with Gasteiger partial charge < -0.3 is 19.5 Å². The zero-order chi connectivity index (χ0) is 14.2. The average Bonchev–Trinajstić information content (AvgIpc) is 2.72. The lowest BCUT2D eigenvalue weighted by molar-refractivity contribution is -0.199. The van der Waals surface area contributed by atoms with Crippen molar-refractivity contribution in [1.29, 1.82) is 0 Å². The number of hydrogen-bond acceptors (Lipinski definition) is 4. The van der Waals surface area contributed by atoms with E-state index < -0.39 is 49.3 Å². The fourth-order valence-electron chi connectivity index (χ4n) is 2.29. The summed E-state index contributed by atoms with van der Waals surface area (Å²) in [6.07, 6.45) is -7.10. The lowest BCUT2D eigenvalue weighted by atomic mass is 10.1. The summed E-state index contributed by atoms with van der Waals surface area (Å²) < 4.78 is 47.8. The molecule has 0 unspecified atom stereocenters. The normalized spacial score (nSPS) is 31.1. The van der Waals surface area contributed by atoms with Crippen LogP contribution < -0.4 is 0 Å². The Morgan fingerprint density at radius 2 is 2.00 bits per heavy atom. The molecule has 2 rings (SSSR count). The molecule has 0 radical (unpaired) electrons. The number of hydrogen-bond donors (Lipinski definition) is 1. The van der Waals surface area contributed by atoms with Crippen LogP contribution in [0.15, 0.2) is 0 Å². The van der Waals surface area contributed by atoms with Crippen molar-refractivity contribution in [3.8, 4) is 0 Å². The number of carbonyl (C=O) groups is 2. The number of alkyl halides is 3. The number of carboxylic acid groups (broad SMARTS) is 1. The predicted octanol–water partition coefficient (Wildman–Crippen LogP) is 0.0182. The Bertz CT molecular complexity index is 386. The van der Waals surface area contributed by atoms with E-state index in [4.69, 9.17) is 14.6 Å². The zero-order valence-corrected chi connectivity index (χ0v) is 9.72. The van der Waals surface area contributed by atoms with Gasteiger partial charge in [0.1, 0.15) is 6.10 Å². The third kappa shape index (κ3) is 2.98. The molecular weight excluding hydrogens is 271 g/mol. The number of fused-ring (bicyclic) bond motifs is 1. The first-order chi connectivity index (χ1) is 8.79. The van der Waals surface area contributed by atoms with Gasteiger partial charge in [0.15, 0.2) is 0 Å². The van der Waals surface area contributed by atoms with Crippen LogP contribution in [0.5, 0.6) is 0 Å². The van der Waals surface area contributed by atoms with E-state index in [1.54, 1.807) is 0 Å². The lowest BCUT2D eigenvalue weighted by Gasteiger charge is -2.40. The van der Waals surface area contributed by atoms with Crippen LogP contribution in [-0.4, -0.2) is 66.1 Å². The van der Waals surface area contributed by atoms with Gasteiger partial charge in [-0.05, 0) is 0 Å². The van der Waals surface area contributed by atoms with Gasteiger partial charge in [0.25, 0.3) is 0 Å². The molecule has 0 aromatic rings. The van der Waals surface area contributed by atoms with Crippen molar-refractivity contribution in [2.75, 3.05) is 19.8 Å². The molecule has 0 aromatic heterocycles. The van der Waals surface area contributed by atoms with Gasteiger partial charge in [-0.25, -0.2) is 0 Å². The van der Waals surface area contributed by atoms with Gasteiger partial charge in [-0.3, -0.25) is 9.59 Å². The minimum Gasteiger partial charge on any atom is -0.481 e. The Labute approximate surface area is 106 Å². The number of carboxylic acids is 1. The summed E-state index contributed by atoms with van der Waals surface area (Å²) in [6.45, 7) is -0.371. The monoisotopic (exact) mass is 283 g/mol. The number of aliphatic carboxylic acids is 1. The summed E-state index contributed by atoms with van der Waals surface area (Å²) in [4.78, 5) is 22.6. The first-order valence-corrected chi connectivity index (χ1v) is 5.62. The highest BCUT2D eigenvalue weighted by Crippen LogP contribution is 2.29. The summed E-state index contributed by atoms with van der Waals surface area (Å²) in [5, 5.41) is 8.65. The molecule has 0 aromatic carbocycles. The van der Waals surface area contributed by atoms with Crippen molar-refractivity contribution < 1.29 is 37.3 Å². The van der Waals surface area contributed by atoms with E-state index in [0.29, 0.717) is 4.90 Å². The number of ether oxygens (including phenoxy) is 2. The molecule has 0 saturated carbocycles. The molecule has 2 heterocycles. The zero-order valence-electron chi connectivity index (χ0n) is 9.72. The number of morpholine rings is 1. The Hall–Kier alpha value is -1.35. The van der Waals surface area contributed by atoms with E-state index in [1.165, 1.54) is 0 Å². The van der Waals surface area contributed by atoms with Crippen LogP contribution in [0.3, 0.4) is 0 Å². The number of carbonyl (C=O) groups excluding carboxylic acids is 1. The quantitative estimate of drug-likeness (QED) is 0.773. The second-order valence-corrected chi connectivity index (χ2v) is 4.45. The molecule has 1 N–H and O–H groups in total. The SMILES string of the molecule is O=C(O)C[C@@H]1CN(C(=O)C(F)(F)F)[C@H]2COC[C@@H]2O1. The number of nitrogens with zero attached hydrogens (tertiary/aromatic N) is 1. The van der Waals surface area contributed by atoms with Gasteiger partial charge in [0, 0.05) is 6.54 Å². The summed E-state index contributed by atoms with van der Waals surface area (Å²) in [5.41, 5.74) is 0. The number of halogens is 3. The van der Waals surface area contributed by atoms with Crippen molar-refractivity contribution in [3.05, 3.63) is 0 Å². The Morgan fingerprint density at radius 1 is 1.32 bits per heavy atom. The molecule has 0 aliphatic carbocycles. The summed E-state index contributed by atoms with van der Waals surface area (Å²) in [6, 6.07) is -0.806. The molecule has 9 heteroatoms.